The second kappa shape index (κ2) is 5.58. The van der Waals surface area contributed by atoms with Crippen molar-refractivity contribution in [1.29, 1.82) is 0 Å². The molecule has 0 radical (unpaired) electrons. The monoisotopic (exact) mass is 286 g/mol. The third-order valence-corrected chi connectivity index (χ3v) is 4.06. The molecule has 3 heteroatoms. The van der Waals surface area contributed by atoms with Crippen LogP contribution in [0, 0.1) is 5.41 Å². The molecule has 1 rings (SSSR count). The molecule has 0 aliphatic rings. The average molecular weight is 287 g/mol. The molecular formula is C13H19BrO2. The molecule has 1 aromatic carbocycles. The summed E-state index contributed by atoms with van der Waals surface area (Å²) in [5.74, 6) is 1.79. The van der Waals surface area contributed by atoms with Crippen LogP contribution < -0.4 is 9.47 Å². The molecule has 0 bridgehead atoms. The highest BCUT2D eigenvalue weighted by atomic mass is 79.9. The summed E-state index contributed by atoms with van der Waals surface area (Å²) in [7, 11) is 3.39. The van der Waals surface area contributed by atoms with E-state index in [9.17, 15) is 0 Å². The van der Waals surface area contributed by atoms with Gasteiger partial charge in [-0.05, 0) is 24.0 Å². The molecule has 0 unspecified atom stereocenters. The fraction of sp³-hybridized carbons (Fsp3) is 0.538. The maximum absolute atomic E-state index is 5.38. The zero-order chi connectivity index (χ0) is 12.2. The van der Waals surface area contributed by atoms with Crippen molar-refractivity contribution >= 4 is 15.9 Å². The van der Waals surface area contributed by atoms with Crippen LogP contribution >= 0.6 is 15.9 Å². The van der Waals surface area contributed by atoms with Crippen LogP contribution in [0.4, 0.5) is 0 Å². The van der Waals surface area contributed by atoms with Crippen LogP contribution in [0.5, 0.6) is 11.5 Å². The summed E-state index contributed by atoms with van der Waals surface area (Å²) >= 11 is 3.54. The maximum Gasteiger partial charge on any atom is 0.125 e. The number of hydrogen-bond acceptors (Lipinski definition) is 2. The van der Waals surface area contributed by atoms with Gasteiger partial charge in [-0.1, -0.05) is 35.8 Å². The topological polar surface area (TPSA) is 18.5 Å². The smallest absolute Gasteiger partial charge is 0.125 e. The second-order valence-corrected chi connectivity index (χ2v) is 5.18. The van der Waals surface area contributed by atoms with Crippen LogP contribution in [-0.2, 0) is 6.42 Å². The molecule has 0 amide bonds. The van der Waals surface area contributed by atoms with E-state index in [0.717, 1.165) is 28.8 Å². The van der Waals surface area contributed by atoms with Gasteiger partial charge >= 0.3 is 0 Å². The molecule has 1 aromatic rings. The van der Waals surface area contributed by atoms with Gasteiger partial charge in [0.25, 0.3) is 0 Å². The highest BCUT2D eigenvalue weighted by molar-refractivity contribution is 9.09. The maximum atomic E-state index is 5.38. The fourth-order valence-corrected chi connectivity index (χ4v) is 1.83. The predicted octanol–water partition coefficient (Wildman–Crippen LogP) is 3.67. The van der Waals surface area contributed by atoms with Gasteiger partial charge < -0.3 is 9.47 Å². The van der Waals surface area contributed by atoms with E-state index in [4.69, 9.17) is 9.47 Å². The Bertz CT molecular complexity index is 326. The van der Waals surface area contributed by atoms with Crippen LogP contribution in [0.15, 0.2) is 18.2 Å². The number of alkyl halides is 1. The number of methoxy groups -OCH3 is 2. The van der Waals surface area contributed by atoms with Crippen molar-refractivity contribution in [2.24, 2.45) is 5.41 Å². The van der Waals surface area contributed by atoms with Crippen LogP contribution in [0.2, 0.25) is 0 Å². The Morgan fingerprint density at radius 2 is 1.62 bits per heavy atom. The third-order valence-electron chi connectivity index (χ3n) is 2.55. The first kappa shape index (κ1) is 13.4. The summed E-state index contributed by atoms with van der Waals surface area (Å²) in [4.78, 5) is 0. The van der Waals surface area contributed by atoms with Crippen molar-refractivity contribution in [2.45, 2.75) is 20.3 Å². The van der Waals surface area contributed by atoms with Crippen molar-refractivity contribution in [3.8, 4) is 11.5 Å². The summed E-state index contributed by atoms with van der Waals surface area (Å²) in [6.45, 7) is 4.43. The first-order chi connectivity index (χ1) is 7.54. The number of benzene rings is 1. The Morgan fingerprint density at radius 3 is 2.00 bits per heavy atom. The standard InChI is InChI=1S/C13H19BrO2/c1-13(2,9-14)8-10-11(15-3)6-5-7-12(10)16-4/h5-7H,8-9H2,1-4H3. The number of ether oxygens (including phenoxy) is 2. The zero-order valence-corrected chi connectivity index (χ0v) is 11.9. The fourth-order valence-electron chi connectivity index (χ4n) is 1.63. The predicted molar refractivity (Wildman–Crippen MR) is 70.8 cm³/mol. The Morgan fingerprint density at radius 1 is 1.12 bits per heavy atom. The lowest BCUT2D eigenvalue weighted by Gasteiger charge is -2.24. The van der Waals surface area contributed by atoms with Gasteiger partial charge in [-0.2, -0.15) is 0 Å². The number of rotatable bonds is 5. The van der Waals surface area contributed by atoms with E-state index in [2.05, 4.69) is 29.8 Å². The van der Waals surface area contributed by atoms with Gasteiger partial charge in [0.2, 0.25) is 0 Å². The lowest BCUT2D eigenvalue weighted by molar-refractivity contribution is 0.359. The molecule has 0 heterocycles. The highest BCUT2D eigenvalue weighted by Gasteiger charge is 2.21. The van der Waals surface area contributed by atoms with Gasteiger partial charge in [-0.25, -0.2) is 0 Å². The minimum Gasteiger partial charge on any atom is -0.496 e. The highest BCUT2D eigenvalue weighted by Crippen LogP contribution is 2.35. The summed E-state index contributed by atoms with van der Waals surface area (Å²) in [6.07, 6.45) is 0.922. The Labute approximate surface area is 106 Å². The molecular weight excluding hydrogens is 268 g/mol. The molecule has 0 saturated carbocycles. The van der Waals surface area contributed by atoms with Crippen LogP contribution in [0.3, 0.4) is 0 Å². The molecule has 0 aliphatic heterocycles. The quantitative estimate of drug-likeness (QED) is 0.769. The molecule has 0 N–H and O–H groups in total. The van der Waals surface area contributed by atoms with Gasteiger partial charge in [-0.15, -0.1) is 0 Å². The van der Waals surface area contributed by atoms with E-state index >= 15 is 0 Å². The normalized spacial score (nSPS) is 11.3. The summed E-state index contributed by atoms with van der Waals surface area (Å²) < 4.78 is 10.8. The Hall–Kier alpha value is -0.700. The minimum absolute atomic E-state index is 0.182. The molecule has 2 nitrogen and oxygen atoms in total. The van der Waals surface area contributed by atoms with E-state index in [0.29, 0.717) is 0 Å². The van der Waals surface area contributed by atoms with Crippen LogP contribution in [0.1, 0.15) is 19.4 Å². The summed E-state index contributed by atoms with van der Waals surface area (Å²) in [6, 6.07) is 5.90. The lowest BCUT2D eigenvalue weighted by atomic mass is 9.87. The Kier molecular flexibility index (Phi) is 4.66. The molecule has 90 valence electrons. The van der Waals surface area contributed by atoms with E-state index in [1.807, 2.05) is 18.2 Å². The number of hydrogen-bond donors (Lipinski definition) is 0. The first-order valence-electron chi connectivity index (χ1n) is 5.30. The van der Waals surface area contributed by atoms with Crippen molar-refractivity contribution in [2.75, 3.05) is 19.5 Å². The van der Waals surface area contributed by atoms with Crippen LogP contribution in [-0.4, -0.2) is 19.5 Å². The molecule has 0 spiro atoms. The van der Waals surface area contributed by atoms with E-state index in [-0.39, 0.29) is 5.41 Å². The first-order valence-corrected chi connectivity index (χ1v) is 6.42. The van der Waals surface area contributed by atoms with E-state index in [1.54, 1.807) is 14.2 Å². The zero-order valence-electron chi connectivity index (χ0n) is 10.3. The third kappa shape index (κ3) is 3.14. The van der Waals surface area contributed by atoms with E-state index in [1.165, 1.54) is 0 Å². The number of halogens is 1. The van der Waals surface area contributed by atoms with Gasteiger partial charge in [0.15, 0.2) is 0 Å². The van der Waals surface area contributed by atoms with Gasteiger partial charge in [0.05, 0.1) is 14.2 Å². The van der Waals surface area contributed by atoms with Crippen molar-refractivity contribution in [1.82, 2.24) is 0 Å². The van der Waals surface area contributed by atoms with E-state index < -0.39 is 0 Å². The van der Waals surface area contributed by atoms with Gasteiger partial charge in [-0.3, -0.25) is 0 Å². The molecule has 0 fully saturated rings. The molecule has 0 aromatic heterocycles. The lowest BCUT2D eigenvalue weighted by Crippen LogP contribution is -2.17. The largest absolute Gasteiger partial charge is 0.496 e. The summed E-state index contributed by atoms with van der Waals surface area (Å²) in [5, 5.41) is 0.946. The van der Waals surface area contributed by atoms with Gasteiger partial charge in [0.1, 0.15) is 11.5 Å². The second-order valence-electron chi connectivity index (χ2n) is 4.62. The SMILES string of the molecule is COc1cccc(OC)c1CC(C)(C)CBr. The minimum atomic E-state index is 0.182. The van der Waals surface area contributed by atoms with Gasteiger partial charge in [0, 0.05) is 10.9 Å². The molecule has 0 saturated heterocycles. The molecule has 0 aliphatic carbocycles. The molecule has 0 atom stereocenters. The molecule has 16 heavy (non-hydrogen) atoms. The average Bonchev–Trinajstić information content (AvgIpc) is 2.29. The van der Waals surface area contributed by atoms with Crippen molar-refractivity contribution < 1.29 is 9.47 Å². The summed E-state index contributed by atoms with van der Waals surface area (Å²) in [5.41, 5.74) is 1.32. The Balaban J connectivity index is 3.09. The van der Waals surface area contributed by atoms with Crippen molar-refractivity contribution in [3.05, 3.63) is 23.8 Å². The van der Waals surface area contributed by atoms with Crippen molar-refractivity contribution in [3.63, 3.8) is 0 Å². The van der Waals surface area contributed by atoms with Crippen LogP contribution in [0.25, 0.3) is 0 Å².